The lowest BCUT2D eigenvalue weighted by Crippen LogP contribution is -2.43. The van der Waals surface area contributed by atoms with Crippen LogP contribution in [0, 0.1) is 5.82 Å². The van der Waals surface area contributed by atoms with Gasteiger partial charge in [0, 0.05) is 12.1 Å². The average Bonchev–Trinajstić information content (AvgIpc) is 3.20. The Balaban J connectivity index is 1.51. The number of carbonyl (C=O) groups excluding carboxylic acids is 2. The first-order valence-corrected chi connectivity index (χ1v) is 8.53. The van der Waals surface area contributed by atoms with E-state index in [4.69, 9.17) is 4.52 Å². The summed E-state index contributed by atoms with van der Waals surface area (Å²) < 4.78 is 19.2. The van der Waals surface area contributed by atoms with Gasteiger partial charge in [0.1, 0.15) is 5.82 Å². The van der Waals surface area contributed by atoms with Gasteiger partial charge in [0.15, 0.2) is 5.95 Å². The summed E-state index contributed by atoms with van der Waals surface area (Å²) in [4.78, 5) is 25.9. The van der Waals surface area contributed by atoms with Crippen LogP contribution in [0.3, 0.4) is 0 Å². The maximum Gasteiger partial charge on any atom is 0.253 e. The Morgan fingerprint density at radius 2 is 1.89 bits per heavy atom. The molecule has 1 N–H and O–H groups in total. The van der Waals surface area contributed by atoms with Crippen LogP contribution in [-0.4, -0.2) is 23.1 Å². The molecule has 1 fully saturated rings. The predicted octanol–water partition coefficient (Wildman–Crippen LogP) is 0.586. The molecule has 0 radical (unpaired) electrons. The van der Waals surface area contributed by atoms with Gasteiger partial charge in [0.2, 0.25) is 11.6 Å². The Labute approximate surface area is 158 Å². The summed E-state index contributed by atoms with van der Waals surface area (Å²) in [5.41, 5.74) is 1.13. The number of amides is 2. The smallest absolute Gasteiger partial charge is 0.253 e. The molecule has 2 aromatic carbocycles. The minimum absolute atomic E-state index is 0.0157. The van der Waals surface area contributed by atoms with E-state index in [-0.39, 0.29) is 18.7 Å². The minimum atomic E-state index is -0.809. The molecule has 1 atom stereocenters. The molecule has 142 valence electrons. The number of benzene rings is 2. The summed E-state index contributed by atoms with van der Waals surface area (Å²) in [5.74, 6) is -1.97. The van der Waals surface area contributed by atoms with Gasteiger partial charge in [-0.15, -0.1) is 0 Å². The van der Waals surface area contributed by atoms with E-state index in [1.807, 2.05) is 6.07 Å². The number of anilines is 1. The second kappa shape index (κ2) is 7.20. The molecule has 28 heavy (non-hydrogen) atoms. The van der Waals surface area contributed by atoms with Crippen LogP contribution in [0.4, 0.5) is 10.1 Å². The molecule has 2 heterocycles. The van der Waals surface area contributed by atoms with Gasteiger partial charge in [-0.3, -0.25) is 14.9 Å². The van der Waals surface area contributed by atoms with Gasteiger partial charge in [-0.05, 0) is 28.9 Å². The molecule has 9 heteroatoms. The number of para-hydroxylation sites is 1. The minimum Gasteiger partial charge on any atom is -0.539 e. The number of carbonyl (C=O) groups is 2. The lowest BCUT2D eigenvalue weighted by Gasteiger charge is -2.15. The Morgan fingerprint density at radius 1 is 1.18 bits per heavy atom. The third-order valence-corrected chi connectivity index (χ3v) is 4.44. The lowest BCUT2D eigenvalue weighted by molar-refractivity contribution is -0.677. The van der Waals surface area contributed by atoms with Gasteiger partial charge >= 0.3 is 0 Å². The summed E-state index contributed by atoms with van der Waals surface area (Å²) in [6.07, 6.45) is -0.0684. The molecule has 1 unspecified atom stereocenters. The van der Waals surface area contributed by atoms with E-state index in [1.54, 1.807) is 24.3 Å². The summed E-state index contributed by atoms with van der Waals surface area (Å²) >= 11 is 0. The Hall–Kier alpha value is -3.59. The normalized spacial score (nSPS) is 16.8. The van der Waals surface area contributed by atoms with E-state index in [1.165, 1.54) is 28.9 Å². The Kier molecular flexibility index (Phi) is 4.58. The van der Waals surface area contributed by atoms with E-state index in [0.29, 0.717) is 11.4 Å². The first-order chi connectivity index (χ1) is 13.5. The van der Waals surface area contributed by atoms with Crippen molar-refractivity contribution in [2.75, 3.05) is 4.90 Å². The van der Waals surface area contributed by atoms with Gasteiger partial charge in [-0.25, -0.2) is 9.29 Å². The number of aromatic nitrogens is 2. The SMILES string of the molecule is O=C1CC(NCc2c([O-])on[n+]2-c2ccccc2)C(=O)N1c1ccc(F)cc1. The van der Waals surface area contributed by atoms with Crippen LogP contribution in [0.25, 0.3) is 5.69 Å². The van der Waals surface area contributed by atoms with Crippen molar-refractivity contribution < 1.29 is 28.3 Å². The molecule has 1 aliphatic heterocycles. The van der Waals surface area contributed by atoms with Gasteiger partial charge in [-0.2, -0.15) is 0 Å². The molecule has 4 rings (SSSR count). The highest BCUT2D eigenvalue weighted by Crippen LogP contribution is 2.23. The first kappa shape index (κ1) is 17.8. The van der Waals surface area contributed by atoms with Crippen LogP contribution in [0.2, 0.25) is 0 Å². The molecule has 8 nitrogen and oxygen atoms in total. The van der Waals surface area contributed by atoms with Gasteiger partial charge in [-0.1, -0.05) is 18.2 Å². The Morgan fingerprint density at radius 3 is 2.61 bits per heavy atom. The van der Waals surface area contributed by atoms with Crippen molar-refractivity contribution in [2.45, 2.75) is 19.0 Å². The van der Waals surface area contributed by atoms with Crippen molar-refractivity contribution in [2.24, 2.45) is 0 Å². The van der Waals surface area contributed by atoms with E-state index in [0.717, 1.165) is 4.90 Å². The first-order valence-electron chi connectivity index (χ1n) is 8.53. The number of rotatable bonds is 5. The van der Waals surface area contributed by atoms with Crippen molar-refractivity contribution in [3.05, 3.63) is 66.1 Å². The number of hydrogen-bond acceptors (Lipinski definition) is 6. The number of hydrogen-bond donors (Lipinski definition) is 1. The zero-order chi connectivity index (χ0) is 19.7. The van der Waals surface area contributed by atoms with Gasteiger partial charge in [0.05, 0.1) is 30.0 Å². The standard InChI is InChI=1S/C19H15FN4O4/c20-12-6-8-13(9-7-12)23-17(25)10-15(18(23)26)21-11-16-19(27)28-22-24(16)14-4-2-1-3-5-14/h1-9,15,21H,10-11H2. The van der Waals surface area contributed by atoms with Crippen molar-refractivity contribution in [3.63, 3.8) is 0 Å². The van der Waals surface area contributed by atoms with Gasteiger partial charge < -0.3 is 9.63 Å². The third-order valence-electron chi connectivity index (χ3n) is 4.44. The summed E-state index contributed by atoms with van der Waals surface area (Å²) in [7, 11) is 0. The van der Waals surface area contributed by atoms with Crippen LogP contribution < -0.4 is 20.0 Å². The van der Waals surface area contributed by atoms with Crippen molar-refractivity contribution in [1.29, 1.82) is 0 Å². The van der Waals surface area contributed by atoms with Crippen molar-refractivity contribution >= 4 is 17.5 Å². The second-order valence-corrected chi connectivity index (χ2v) is 6.24. The molecule has 0 aliphatic carbocycles. The fraction of sp³-hybridized carbons (Fsp3) is 0.158. The predicted molar refractivity (Wildman–Crippen MR) is 91.6 cm³/mol. The van der Waals surface area contributed by atoms with E-state index < -0.39 is 29.6 Å². The van der Waals surface area contributed by atoms with Crippen LogP contribution >= 0.6 is 0 Å². The van der Waals surface area contributed by atoms with Crippen LogP contribution in [-0.2, 0) is 16.1 Å². The van der Waals surface area contributed by atoms with Crippen LogP contribution in [0.15, 0.2) is 59.1 Å². The number of nitrogens with zero attached hydrogens (tertiary/aromatic N) is 3. The molecule has 1 aromatic heterocycles. The fourth-order valence-corrected chi connectivity index (χ4v) is 3.06. The zero-order valence-electron chi connectivity index (χ0n) is 14.5. The van der Waals surface area contributed by atoms with E-state index in [2.05, 4.69) is 10.6 Å². The van der Waals surface area contributed by atoms with Crippen molar-refractivity contribution in [1.82, 2.24) is 10.6 Å². The maximum absolute atomic E-state index is 13.1. The average molecular weight is 382 g/mol. The highest BCUT2D eigenvalue weighted by Gasteiger charge is 2.39. The monoisotopic (exact) mass is 382 g/mol. The summed E-state index contributed by atoms with van der Waals surface area (Å²) in [6, 6.07) is 13.2. The van der Waals surface area contributed by atoms with Gasteiger partial charge in [0.25, 0.3) is 11.6 Å². The highest BCUT2D eigenvalue weighted by atomic mass is 19.1. The molecule has 3 aromatic rings. The van der Waals surface area contributed by atoms with E-state index in [9.17, 15) is 19.1 Å². The molecule has 0 bridgehead atoms. The maximum atomic E-state index is 13.1. The zero-order valence-corrected chi connectivity index (χ0v) is 14.5. The van der Waals surface area contributed by atoms with E-state index >= 15 is 0 Å². The summed E-state index contributed by atoms with van der Waals surface area (Å²) in [6.45, 7) is -0.0157. The fourth-order valence-electron chi connectivity index (χ4n) is 3.06. The molecular weight excluding hydrogens is 367 g/mol. The molecule has 0 saturated carbocycles. The van der Waals surface area contributed by atoms with Crippen molar-refractivity contribution in [3.8, 4) is 11.6 Å². The molecule has 1 aliphatic rings. The molecule has 1 saturated heterocycles. The highest BCUT2D eigenvalue weighted by molar-refractivity contribution is 6.22. The topological polar surface area (TPSA) is 102 Å². The Bertz CT molecular complexity index is 1020. The summed E-state index contributed by atoms with van der Waals surface area (Å²) in [5, 5.41) is 18.6. The number of nitrogens with one attached hydrogen (secondary N) is 1. The molecule has 0 spiro atoms. The number of halogens is 1. The third kappa shape index (κ3) is 3.23. The quantitative estimate of drug-likeness (QED) is 0.512. The van der Waals surface area contributed by atoms with Crippen LogP contribution in [0.1, 0.15) is 12.1 Å². The number of imide groups is 1. The van der Waals surface area contributed by atoms with Crippen LogP contribution in [0.5, 0.6) is 5.95 Å². The second-order valence-electron chi connectivity index (χ2n) is 6.24. The molecular formula is C19H15FN4O4. The molecule has 2 amide bonds. The lowest BCUT2D eigenvalue weighted by atomic mass is 10.2. The largest absolute Gasteiger partial charge is 0.539 e.